The average Bonchev–Trinajstić information content (AvgIpc) is 3.27. The predicted octanol–water partition coefficient (Wildman–Crippen LogP) is 1.54. The Balaban J connectivity index is 1.32. The molecular formula is C22H28N4O4. The number of imide groups is 1. The van der Waals surface area contributed by atoms with E-state index in [9.17, 15) is 14.7 Å². The number of carbonyl (C=O) groups excluding carboxylic acids is 2. The second kappa shape index (κ2) is 8.12. The van der Waals surface area contributed by atoms with Gasteiger partial charge in [-0.3, -0.25) is 14.6 Å². The number of carbonyl (C=O) groups is 2. The van der Waals surface area contributed by atoms with E-state index >= 15 is 0 Å². The van der Waals surface area contributed by atoms with Crippen LogP contribution in [0.2, 0.25) is 0 Å². The lowest BCUT2D eigenvalue weighted by Gasteiger charge is -2.37. The molecule has 2 fully saturated rings. The van der Waals surface area contributed by atoms with E-state index in [0.717, 1.165) is 31.1 Å². The minimum absolute atomic E-state index is 0.0428. The average molecular weight is 412 g/mol. The SMILES string of the molecule is Cc1ccc(C2(C)NC(=O)N(CC(O)CN3CCN(c4ccccc4)CC3)C2=O)o1. The fraction of sp³-hybridized carbons (Fsp3) is 0.455. The van der Waals surface area contributed by atoms with Crippen molar-refractivity contribution in [2.75, 3.05) is 44.2 Å². The highest BCUT2D eigenvalue weighted by molar-refractivity contribution is 6.06. The lowest BCUT2D eigenvalue weighted by Crippen LogP contribution is -2.50. The van der Waals surface area contributed by atoms with Crippen LogP contribution in [0.3, 0.4) is 0 Å². The lowest BCUT2D eigenvalue weighted by molar-refractivity contribution is -0.132. The van der Waals surface area contributed by atoms with Crippen LogP contribution in [0.25, 0.3) is 0 Å². The molecule has 2 aromatic rings. The fourth-order valence-electron chi connectivity index (χ4n) is 4.13. The van der Waals surface area contributed by atoms with Crippen molar-refractivity contribution in [3.8, 4) is 0 Å². The topological polar surface area (TPSA) is 89.3 Å². The molecule has 2 aliphatic heterocycles. The van der Waals surface area contributed by atoms with Crippen LogP contribution in [0.1, 0.15) is 18.4 Å². The van der Waals surface area contributed by atoms with Crippen molar-refractivity contribution in [1.29, 1.82) is 0 Å². The number of β-amino-alcohol motifs (C(OH)–C–C–N with tert-alkyl or cyclic N) is 1. The maximum Gasteiger partial charge on any atom is 0.325 e. The number of furan rings is 1. The maximum atomic E-state index is 12.9. The summed E-state index contributed by atoms with van der Waals surface area (Å²) in [5, 5.41) is 13.3. The number of rotatable bonds is 6. The molecule has 8 nitrogen and oxygen atoms in total. The standard InChI is InChI=1S/C22H28N4O4/c1-16-8-9-19(30-16)22(2)20(28)26(21(29)23-22)15-18(27)14-24-10-12-25(13-11-24)17-6-4-3-5-7-17/h3-9,18,27H,10-15H2,1-2H3,(H,23,29). The minimum Gasteiger partial charge on any atom is -0.463 e. The predicted molar refractivity (Wildman–Crippen MR) is 112 cm³/mol. The highest BCUT2D eigenvalue weighted by Crippen LogP contribution is 2.30. The number of benzene rings is 1. The van der Waals surface area contributed by atoms with E-state index in [4.69, 9.17) is 4.42 Å². The van der Waals surface area contributed by atoms with Gasteiger partial charge in [-0.1, -0.05) is 18.2 Å². The molecule has 8 heteroatoms. The van der Waals surface area contributed by atoms with Crippen molar-refractivity contribution < 1.29 is 19.1 Å². The first-order valence-corrected chi connectivity index (χ1v) is 10.3. The van der Waals surface area contributed by atoms with Gasteiger partial charge in [0.05, 0.1) is 12.6 Å². The molecule has 30 heavy (non-hydrogen) atoms. The van der Waals surface area contributed by atoms with Gasteiger partial charge in [0.2, 0.25) is 0 Å². The van der Waals surface area contributed by atoms with Crippen LogP contribution in [0, 0.1) is 6.92 Å². The maximum absolute atomic E-state index is 12.9. The number of aliphatic hydroxyl groups excluding tert-OH is 1. The number of para-hydroxylation sites is 1. The number of urea groups is 1. The third-order valence-electron chi connectivity index (χ3n) is 5.86. The molecule has 2 unspecified atom stereocenters. The zero-order valence-corrected chi connectivity index (χ0v) is 17.4. The normalized spacial score (nSPS) is 23.7. The summed E-state index contributed by atoms with van der Waals surface area (Å²) in [5.74, 6) is 0.656. The van der Waals surface area contributed by atoms with Gasteiger partial charge < -0.3 is 19.7 Å². The molecule has 2 atom stereocenters. The number of amides is 3. The van der Waals surface area contributed by atoms with Gasteiger partial charge in [-0.15, -0.1) is 0 Å². The Bertz CT molecular complexity index is 907. The summed E-state index contributed by atoms with van der Waals surface area (Å²) >= 11 is 0. The van der Waals surface area contributed by atoms with Crippen molar-refractivity contribution >= 4 is 17.6 Å². The van der Waals surface area contributed by atoms with Crippen molar-refractivity contribution in [2.24, 2.45) is 0 Å². The van der Waals surface area contributed by atoms with Crippen LogP contribution in [-0.4, -0.2) is 72.2 Å². The summed E-state index contributed by atoms with van der Waals surface area (Å²) < 4.78 is 5.57. The molecule has 0 radical (unpaired) electrons. The second-order valence-electron chi connectivity index (χ2n) is 8.16. The summed E-state index contributed by atoms with van der Waals surface area (Å²) in [4.78, 5) is 30.9. The Hall–Kier alpha value is -2.84. The van der Waals surface area contributed by atoms with E-state index in [0.29, 0.717) is 18.1 Å². The molecule has 3 heterocycles. The van der Waals surface area contributed by atoms with Crippen molar-refractivity contribution in [2.45, 2.75) is 25.5 Å². The van der Waals surface area contributed by atoms with Gasteiger partial charge in [-0.05, 0) is 38.1 Å². The summed E-state index contributed by atoms with van der Waals surface area (Å²) in [6.07, 6.45) is -0.816. The van der Waals surface area contributed by atoms with E-state index < -0.39 is 23.6 Å². The minimum atomic E-state index is -1.24. The largest absolute Gasteiger partial charge is 0.463 e. The van der Waals surface area contributed by atoms with Gasteiger partial charge in [0.25, 0.3) is 5.91 Å². The van der Waals surface area contributed by atoms with E-state index in [2.05, 4.69) is 27.2 Å². The molecule has 2 saturated heterocycles. The Morgan fingerprint density at radius 3 is 2.40 bits per heavy atom. The van der Waals surface area contributed by atoms with Crippen molar-refractivity contribution in [3.63, 3.8) is 0 Å². The smallest absolute Gasteiger partial charge is 0.325 e. The summed E-state index contributed by atoms with van der Waals surface area (Å²) in [5.41, 5.74) is -0.0451. The van der Waals surface area contributed by atoms with E-state index in [1.165, 1.54) is 5.69 Å². The Kier molecular flexibility index (Phi) is 5.53. The first-order valence-electron chi connectivity index (χ1n) is 10.3. The number of anilines is 1. The quantitative estimate of drug-likeness (QED) is 0.700. The van der Waals surface area contributed by atoms with Crippen molar-refractivity contribution in [3.05, 3.63) is 54.0 Å². The van der Waals surface area contributed by atoms with Crippen LogP contribution in [0.5, 0.6) is 0 Å². The Labute approximate surface area is 176 Å². The zero-order valence-electron chi connectivity index (χ0n) is 17.4. The summed E-state index contributed by atoms with van der Waals surface area (Å²) in [7, 11) is 0. The number of nitrogens with one attached hydrogen (secondary N) is 1. The lowest BCUT2D eigenvalue weighted by atomic mass is 9.99. The molecule has 0 spiro atoms. The number of aryl methyl sites for hydroxylation is 1. The second-order valence-corrected chi connectivity index (χ2v) is 8.16. The third kappa shape index (κ3) is 3.93. The van der Waals surface area contributed by atoms with Gasteiger partial charge in [0.1, 0.15) is 11.5 Å². The molecule has 0 bridgehead atoms. The van der Waals surface area contributed by atoms with Crippen LogP contribution in [0.15, 0.2) is 46.9 Å². The molecule has 160 valence electrons. The van der Waals surface area contributed by atoms with Crippen LogP contribution >= 0.6 is 0 Å². The van der Waals surface area contributed by atoms with E-state index in [-0.39, 0.29) is 6.54 Å². The molecule has 2 aliphatic rings. The van der Waals surface area contributed by atoms with E-state index in [1.54, 1.807) is 26.0 Å². The Morgan fingerprint density at radius 2 is 1.77 bits per heavy atom. The van der Waals surface area contributed by atoms with Crippen LogP contribution in [0.4, 0.5) is 10.5 Å². The molecule has 2 N–H and O–H groups in total. The molecule has 1 aromatic heterocycles. The van der Waals surface area contributed by atoms with E-state index in [1.807, 2.05) is 18.2 Å². The molecule has 4 rings (SSSR count). The number of hydrogen-bond donors (Lipinski definition) is 2. The number of aliphatic hydroxyl groups is 1. The monoisotopic (exact) mass is 412 g/mol. The highest BCUT2D eigenvalue weighted by Gasteiger charge is 2.51. The molecule has 1 aromatic carbocycles. The zero-order chi connectivity index (χ0) is 21.3. The number of nitrogens with zero attached hydrogens (tertiary/aromatic N) is 3. The Morgan fingerprint density at radius 1 is 1.07 bits per heavy atom. The van der Waals surface area contributed by atoms with Crippen LogP contribution in [-0.2, 0) is 10.3 Å². The summed E-state index contributed by atoms with van der Waals surface area (Å²) in [6, 6.07) is 13.2. The molecular weight excluding hydrogens is 384 g/mol. The first kappa shape index (κ1) is 20.4. The summed E-state index contributed by atoms with van der Waals surface area (Å²) in [6.45, 7) is 7.15. The van der Waals surface area contributed by atoms with Gasteiger partial charge in [0, 0.05) is 38.4 Å². The van der Waals surface area contributed by atoms with Gasteiger partial charge in [0.15, 0.2) is 5.54 Å². The molecule has 3 amide bonds. The highest BCUT2D eigenvalue weighted by atomic mass is 16.3. The van der Waals surface area contributed by atoms with Gasteiger partial charge in [-0.25, -0.2) is 4.79 Å². The first-order chi connectivity index (χ1) is 14.4. The third-order valence-corrected chi connectivity index (χ3v) is 5.86. The van der Waals surface area contributed by atoms with Gasteiger partial charge in [-0.2, -0.15) is 0 Å². The number of hydrogen-bond acceptors (Lipinski definition) is 6. The van der Waals surface area contributed by atoms with Crippen LogP contribution < -0.4 is 10.2 Å². The molecule has 0 aliphatic carbocycles. The fourth-order valence-corrected chi connectivity index (χ4v) is 4.13. The van der Waals surface area contributed by atoms with Crippen molar-refractivity contribution in [1.82, 2.24) is 15.1 Å². The van der Waals surface area contributed by atoms with Gasteiger partial charge >= 0.3 is 6.03 Å². The molecule has 0 saturated carbocycles. The number of piperazine rings is 1.